The quantitative estimate of drug-likeness (QED) is 0.449. The number of hydrogen-bond donors (Lipinski definition) is 0. The molecule has 26 heavy (non-hydrogen) atoms. The highest BCUT2D eigenvalue weighted by Crippen LogP contribution is 2.59. The smallest absolute Gasteiger partial charge is 0.333 e. The summed E-state index contributed by atoms with van der Waals surface area (Å²) in [6.07, 6.45) is 1.64. The van der Waals surface area contributed by atoms with Gasteiger partial charge in [0.05, 0.1) is 13.0 Å². The summed E-state index contributed by atoms with van der Waals surface area (Å²) in [5, 5.41) is 0. The third kappa shape index (κ3) is 3.61. The van der Waals surface area contributed by atoms with Crippen molar-refractivity contribution >= 4 is 11.9 Å². The van der Waals surface area contributed by atoms with Crippen LogP contribution in [0, 0.1) is 41.6 Å². The maximum absolute atomic E-state index is 13.8. The molecule has 1 fully saturated rings. The lowest BCUT2D eigenvalue weighted by molar-refractivity contribution is -0.147. The van der Waals surface area contributed by atoms with Crippen molar-refractivity contribution in [1.29, 1.82) is 0 Å². The molecule has 0 bridgehead atoms. The molecule has 2 atom stereocenters. The number of carbonyl (C=O) groups excluding carboxylic acids is 2. The predicted octanol–water partition coefficient (Wildman–Crippen LogP) is 3.85. The number of halogens is 3. The fraction of sp³-hybridized carbons (Fsp3) is 0.474. The van der Waals surface area contributed by atoms with Gasteiger partial charge in [-0.25, -0.2) is 18.0 Å². The van der Waals surface area contributed by atoms with E-state index in [1.54, 1.807) is 13.0 Å². The number of benzene rings is 1. The van der Waals surface area contributed by atoms with Crippen LogP contribution in [0.15, 0.2) is 17.7 Å². The summed E-state index contributed by atoms with van der Waals surface area (Å²) in [7, 11) is 1.26. The fourth-order valence-electron chi connectivity index (χ4n) is 3.08. The van der Waals surface area contributed by atoms with Crippen LogP contribution in [0.1, 0.15) is 31.9 Å². The van der Waals surface area contributed by atoms with Gasteiger partial charge < -0.3 is 9.47 Å². The molecule has 7 heteroatoms. The number of esters is 2. The molecular weight excluding hydrogens is 349 g/mol. The molecule has 1 aromatic rings. The zero-order valence-corrected chi connectivity index (χ0v) is 15.3. The Hall–Kier alpha value is -2.31. The Labute approximate surface area is 150 Å². The van der Waals surface area contributed by atoms with E-state index in [1.807, 2.05) is 13.8 Å². The minimum absolute atomic E-state index is 0.107. The topological polar surface area (TPSA) is 52.6 Å². The summed E-state index contributed by atoms with van der Waals surface area (Å²) in [5.74, 6) is -5.36. The van der Waals surface area contributed by atoms with Crippen LogP contribution in [0.2, 0.25) is 0 Å². The first-order valence-corrected chi connectivity index (χ1v) is 8.08. The van der Waals surface area contributed by atoms with Crippen LogP contribution in [0.4, 0.5) is 13.2 Å². The molecule has 1 aliphatic rings. The number of carbonyl (C=O) groups is 2. The molecule has 0 aliphatic heterocycles. The van der Waals surface area contributed by atoms with E-state index in [0.29, 0.717) is 11.6 Å². The van der Waals surface area contributed by atoms with Gasteiger partial charge in [0.1, 0.15) is 12.4 Å². The first kappa shape index (κ1) is 20.0. The molecule has 2 unspecified atom stereocenters. The molecule has 0 N–H and O–H groups in total. The van der Waals surface area contributed by atoms with Gasteiger partial charge in [-0.2, -0.15) is 0 Å². The van der Waals surface area contributed by atoms with Crippen molar-refractivity contribution in [2.24, 2.45) is 17.3 Å². The van der Waals surface area contributed by atoms with Crippen molar-refractivity contribution in [1.82, 2.24) is 0 Å². The first-order valence-electron chi connectivity index (χ1n) is 8.08. The Morgan fingerprint density at radius 2 is 1.85 bits per heavy atom. The second-order valence-corrected chi connectivity index (χ2v) is 7.03. The average Bonchev–Trinajstić information content (AvgIpc) is 3.12. The summed E-state index contributed by atoms with van der Waals surface area (Å²) in [5.41, 5.74) is -0.514. The maximum atomic E-state index is 13.8. The predicted molar refractivity (Wildman–Crippen MR) is 87.4 cm³/mol. The highest BCUT2D eigenvalue weighted by Gasteiger charge is 2.61. The van der Waals surface area contributed by atoms with Gasteiger partial charge in [-0.05, 0) is 30.7 Å². The Kier molecular flexibility index (Phi) is 5.49. The monoisotopic (exact) mass is 370 g/mol. The molecule has 0 amide bonds. The minimum atomic E-state index is -1.33. The number of ether oxygens (including phenoxy) is 2. The molecule has 1 aromatic carbocycles. The summed E-state index contributed by atoms with van der Waals surface area (Å²) in [6.45, 7) is 5.96. The summed E-state index contributed by atoms with van der Waals surface area (Å²) < 4.78 is 50.5. The van der Waals surface area contributed by atoms with Crippen molar-refractivity contribution in [2.75, 3.05) is 7.11 Å². The molecule has 1 saturated carbocycles. The highest BCUT2D eigenvalue weighted by atomic mass is 19.2. The van der Waals surface area contributed by atoms with E-state index >= 15 is 0 Å². The van der Waals surface area contributed by atoms with Crippen molar-refractivity contribution in [3.8, 4) is 0 Å². The Balaban J connectivity index is 2.11. The van der Waals surface area contributed by atoms with E-state index < -0.39 is 47.3 Å². The van der Waals surface area contributed by atoms with Gasteiger partial charge in [0.25, 0.3) is 0 Å². The van der Waals surface area contributed by atoms with Crippen LogP contribution in [0.25, 0.3) is 0 Å². The molecule has 0 heterocycles. The first-order chi connectivity index (χ1) is 12.0. The van der Waals surface area contributed by atoms with Gasteiger partial charge in [0.15, 0.2) is 11.6 Å². The van der Waals surface area contributed by atoms with Gasteiger partial charge in [-0.15, -0.1) is 0 Å². The zero-order valence-electron chi connectivity index (χ0n) is 15.3. The zero-order chi connectivity index (χ0) is 19.8. The van der Waals surface area contributed by atoms with E-state index in [9.17, 15) is 22.8 Å². The molecule has 0 radical (unpaired) electrons. The lowest BCUT2D eigenvalue weighted by atomic mass is 10.1. The van der Waals surface area contributed by atoms with Crippen LogP contribution >= 0.6 is 0 Å². The second kappa shape index (κ2) is 7.13. The third-order valence-electron chi connectivity index (χ3n) is 5.00. The molecule has 1 aliphatic carbocycles. The number of rotatable bonds is 5. The summed E-state index contributed by atoms with van der Waals surface area (Å²) in [6, 6.07) is 0.455. The van der Waals surface area contributed by atoms with Gasteiger partial charge in [0.2, 0.25) is 0 Å². The summed E-state index contributed by atoms with van der Waals surface area (Å²) in [4.78, 5) is 23.8. The average molecular weight is 370 g/mol. The number of methoxy groups -OCH3 is 1. The summed E-state index contributed by atoms with van der Waals surface area (Å²) >= 11 is 0. The van der Waals surface area contributed by atoms with Crippen LogP contribution in [0.5, 0.6) is 0 Å². The van der Waals surface area contributed by atoms with Crippen molar-refractivity contribution in [3.63, 3.8) is 0 Å². The van der Waals surface area contributed by atoms with E-state index in [2.05, 4.69) is 4.74 Å². The number of hydrogen-bond acceptors (Lipinski definition) is 4. The number of allylic oxidation sites excluding steroid dienone is 1. The molecule has 0 spiro atoms. The van der Waals surface area contributed by atoms with Crippen LogP contribution in [-0.4, -0.2) is 19.0 Å². The van der Waals surface area contributed by atoms with Crippen LogP contribution in [0.3, 0.4) is 0 Å². The van der Waals surface area contributed by atoms with Gasteiger partial charge in [-0.3, -0.25) is 4.79 Å². The Morgan fingerprint density at radius 1 is 1.23 bits per heavy atom. The lowest BCUT2D eigenvalue weighted by Crippen LogP contribution is -2.13. The second-order valence-electron chi connectivity index (χ2n) is 7.03. The minimum Gasteiger partial charge on any atom is -0.466 e. The SMILES string of the molecule is COC(=O)C(C)=CC1C(C(=O)OCc2c(C)c(F)cc(F)c2F)C1(C)C. The van der Waals surface area contributed by atoms with Crippen LogP contribution in [-0.2, 0) is 25.7 Å². The lowest BCUT2D eigenvalue weighted by Gasteiger charge is -2.10. The molecule has 0 saturated heterocycles. The Morgan fingerprint density at radius 3 is 2.42 bits per heavy atom. The third-order valence-corrected chi connectivity index (χ3v) is 5.00. The van der Waals surface area contributed by atoms with E-state index in [-0.39, 0.29) is 17.0 Å². The van der Waals surface area contributed by atoms with Crippen molar-refractivity contribution < 1.29 is 32.2 Å². The normalized spacial score (nSPS) is 21.3. The Bertz CT molecular complexity index is 757. The van der Waals surface area contributed by atoms with E-state index in [1.165, 1.54) is 14.0 Å². The van der Waals surface area contributed by atoms with Gasteiger partial charge in [-0.1, -0.05) is 19.9 Å². The molecule has 4 nitrogen and oxygen atoms in total. The molecular formula is C19H21F3O4. The largest absolute Gasteiger partial charge is 0.466 e. The van der Waals surface area contributed by atoms with Gasteiger partial charge >= 0.3 is 11.9 Å². The fourth-order valence-corrected chi connectivity index (χ4v) is 3.08. The molecule has 142 valence electrons. The van der Waals surface area contributed by atoms with Crippen molar-refractivity contribution in [3.05, 3.63) is 46.3 Å². The maximum Gasteiger partial charge on any atom is 0.333 e. The molecule has 2 rings (SSSR count). The van der Waals surface area contributed by atoms with Crippen LogP contribution < -0.4 is 0 Å². The standard InChI is InChI=1S/C19H21F3O4/c1-9(17(23)25-5)6-12-15(19(12,3)4)18(24)26-8-11-10(2)13(20)7-14(21)16(11)22/h6-7,12,15H,8H2,1-5H3. The highest BCUT2D eigenvalue weighted by molar-refractivity contribution is 5.88. The molecule has 0 aromatic heterocycles. The van der Waals surface area contributed by atoms with Crippen molar-refractivity contribution in [2.45, 2.75) is 34.3 Å². The van der Waals surface area contributed by atoms with Gasteiger partial charge in [0, 0.05) is 17.2 Å². The van der Waals surface area contributed by atoms with E-state index in [0.717, 1.165) is 0 Å². The van der Waals surface area contributed by atoms with E-state index in [4.69, 9.17) is 4.74 Å².